The lowest BCUT2D eigenvalue weighted by molar-refractivity contribution is 0.340. The van der Waals surface area contributed by atoms with Crippen LogP contribution in [0.4, 0.5) is 0 Å². The van der Waals surface area contributed by atoms with Gasteiger partial charge in [-0.25, -0.2) is 0 Å². The fourth-order valence-corrected chi connectivity index (χ4v) is 2.43. The number of hydrogen-bond donors (Lipinski definition) is 0. The summed E-state index contributed by atoms with van der Waals surface area (Å²) >= 11 is 6.55. The van der Waals surface area contributed by atoms with Crippen molar-refractivity contribution in [2.75, 3.05) is 13.7 Å². The Morgan fingerprint density at radius 3 is 2.25 bits per heavy atom. The standard InChI is InChI=1S/C17H19ClO2/c1-4-20-15-8-5-13(6-9-15)17(18)14-7-10-16(19-3)12(2)11-14/h5-11,17H,4H2,1-3H3. The van der Waals surface area contributed by atoms with E-state index < -0.39 is 0 Å². The molecule has 3 heteroatoms. The summed E-state index contributed by atoms with van der Waals surface area (Å²) in [5.74, 6) is 1.75. The molecule has 0 N–H and O–H groups in total. The number of methoxy groups -OCH3 is 1. The number of alkyl halides is 1. The van der Waals surface area contributed by atoms with E-state index in [1.807, 2.05) is 50.2 Å². The predicted octanol–water partition coefficient (Wildman–Crippen LogP) is 4.73. The molecule has 1 atom stereocenters. The molecule has 0 aliphatic rings. The van der Waals surface area contributed by atoms with E-state index >= 15 is 0 Å². The van der Waals surface area contributed by atoms with Gasteiger partial charge in [-0.05, 0) is 48.7 Å². The van der Waals surface area contributed by atoms with Gasteiger partial charge in [-0.2, -0.15) is 0 Å². The van der Waals surface area contributed by atoms with Crippen LogP contribution in [0.1, 0.15) is 29.0 Å². The van der Waals surface area contributed by atoms with Crippen LogP contribution in [-0.2, 0) is 0 Å². The minimum atomic E-state index is -0.171. The van der Waals surface area contributed by atoms with Crippen LogP contribution in [0.5, 0.6) is 11.5 Å². The Kier molecular flexibility index (Phi) is 4.91. The first kappa shape index (κ1) is 14.7. The Morgan fingerprint density at radius 1 is 1.05 bits per heavy atom. The van der Waals surface area contributed by atoms with Crippen molar-refractivity contribution in [3.05, 3.63) is 59.2 Å². The number of hydrogen-bond acceptors (Lipinski definition) is 2. The Balaban J connectivity index is 2.21. The van der Waals surface area contributed by atoms with Gasteiger partial charge < -0.3 is 9.47 Å². The molecule has 1 unspecified atom stereocenters. The molecule has 0 aliphatic heterocycles. The van der Waals surface area contributed by atoms with Crippen molar-refractivity contribution in [3.63, 3.8) is 0 Å². The molecule has 0 aliphatic carbocycles. The summed E-state index contributed by atoms with van der Waals surface area (Å²) in [5.41, 5.74) is 3.20. The molecule has 2 rings (SSSR count). The highest BCUT2D eigenvalue weighted by atomic mass is 35.5. The van der Waals surface area contributed by atoms with Crippen molar-refractivity contribution >= 4 is 11.6 Å². The second-order valence-electron chi connectivity index (χ2n) is 4.59. The molecule has 0 heterocycles. The molecule has 0 aromatic heterocycles. The summed E-state index contributed by atoms with van der Waals surface area (Å²) in [6, 6.07) is 13.9. The Bertz CT molecular complexity index is 564. The van der Waals surface area contributed by atoms with Gasteiger partial charge in [0.05, 0.1) is 19.1 Å². The van der Waals surface area contributed by atoms with Crippen LogP contribution in [0, 0.1) is 6.92 Å². The van der Waals surface area contributed by atoms with E-state index in [0.717, 1.165) is 28.2 Å². The molecule has 0 saturated heterocycles. The third kappa shape index (κ3) is 3.26. The van der Waals surface area contributed by atoms with E-state index in [1.54, 1.807) is 7.11 Å². The molecule has 0 amide bonds. The highest BCUT2D eigenvalue weighted by molar-refractivity contribution is 6.22. The highest BCUT2D eigenvalue weighted by Crippen LogP contribution is 2.32. The van der Waals surface area contributed by atoms with Crippen molar-refractivity contribution in [1.29, 1.82) is 0 Å². The van der Waals surface area contributed by atoms with Gasteiger partial charge in [0.25, 0.3) is 0 Å². The zero-order valence-electron chi connectivity index (χ0n) is 12.0. The van der Waals surface area contributed by atoms with Crippen molar-refractivity contribution < 1.29 is 9.47 Å². The van der Waals surface area contributed by atoms with Crippen molar-refractivity contribution in [2.24, 2.45) is 0 Å². The number of benzene rings is 2. The van der Waals surface area contributed by atoms with Gasteiger partial charge >= 0.3 is 0 Å². The number of halogens is 1. The molecule has 0 fully saturated rings. The third-order valence-corrected chi connectivity index (χ3v) is 3.70. The maximum absolute atomic E-state index is 6.55. The van der Waals surface area contributed by atoms with Crippen LogP contribution in [-0.4, -0.2) is 13.7 Å². The minimum Gasteiger partial charge on any atom is -0.496 e. The van der Waals surface area contributed by atoms with Gasteiger partial charge in [0.1, 0.15) is 11.5 Å². The second-order valence-corrected chi connectivity index (χ2v) is 5.03. The van der Waals surface area contributed by atoms with Crippen LogP contribution < -0.4 is 9.47 Å². The first-order valence-electron chi connectivity index (χ1n) is 6.67. The van der Waals surface area contributed by atoms with Gasteiger partial charge in [0, 0.05) is 0 Å². The normalized spacial score (nSPS) is 12.0. The molecule has 0 spiro atoms. The fraction of sp³-hybridized carbons (Fsp3) is 0.294. The monoisotopic (exact) mass is 290 g/mol. The Morgan fingerprint density at radius 2 is 1.70 bits per heavy atom. The molecule has 0 saturated carbocycles. The van der Waals surface area contributed by atoms with E-state index in [0.29, 0.717) is 6.61 Å². The number of rotatable bonds is 5. The van der Waals surface area contributed by atoms with Crippen molar-refractivity contribution in [3.8, 4) is 11.5 Å². The average molecular weight is 291 g/mol. The largest absolute Gasteiger partial charge is 0.496 e. The van der Waals surface area contributed by atoms with Crippen LogP contribution in [0.2, 0.25) is 0 Å². The first-order chi connectivity index (χ1) is 9.65. The number of aryl methyl sites for hydroxylation is 1. The van der Waals surface area contributed by atoms with Crippen LogP contribution in [0.25, 0.3) is 0 Å². The average Bonchev–Trinajstić information content (AvgIpc) is 2.47. The predicted molar refractivity (Wildman–Crippen MR) is 83.0 cm³/mol. The van der Waals surface area contributed by atoms with Gasteiger partial charge in [-0.3, -0.25) is 0 Å². The Hall–Kier alpha value is -1.67. The zero-order chi connectivity index (χ0) is 14.5. The summed E-state index contributed by atoms with van der Waals surface area (Å²) in [6.07, 6.45) is 0. The molecular formula is C17H19ClO2. The molecule has 2 aromatic carbocycles. The molecule has 2 aromatic rings. The lowest BCUT2D eigenvalue weighted by atomic mass is 10.0. The quantitative estimate of drug-likeness (QED) is 0.741. The minimum absolute atomic E-state index is 0.171. The van der Waals surface area contributed by atoms with E-state index in [4.69, 9.17) is 21.1 Å². The van der Waals surface area contributed by atoms with E-state index in [2.05, 4.69) is 6.07 Å². The van der Waals surface area contributed by atoms with Crippen LogP contribution in [0.3, 0.4) is 0 Å². The maximum Gasteiger partial charge on any atom is 0.121 e. The molecular weight excluding hydrogens is 272 g/mol. The lowest BCUT2D eigenvalue weighted by Crippen LogP contribution is -1.96. The molecule has 0 bridgehead atoms. The van der Waals surface area contributed by atoms with Crippen LogP contribution >= 0.6 is 11.6 Å². The smallest absolute Gasteiger partial charge is 0.121 e. The van der Waals surface area contributed by atoms with Crippen molar-refractivity contribution in [1.82, 2.24) is 0 Å². The topological polar surface area (TPSA) is 18.5 Å². The summed E-state index contributed by atoms with van der Waals surface area (Å²) < 4.78 is 10.7. The van der Waals surface area contributed by atoms with Crippen LogP contribution in [0.15, 0.2) is 42.5 Å². The second kappa shape index (κ2) is 6.67. The third-order valence-electron chi connectivity index (χ3n) is 3.20. The van der Waals surface area contributed by atoms with Gasteiger partial charge in [0.15, 0.2) is 0 Å². The number of ether oxygens (including phenoxy) is 2. The molecule has 2 nitrogen and oxygen atoms in total. The Labute approximate surface area is 125 Å². The van der Waals surface area contributed by atoms with E-state index in [1.165, 1.54) is 0 Å². The fourth-order valence-electron chi connectivity index (χ4n) is 2.15. The SMILES string of the molecule is CCOc1ccc(C(Cl)c2ccc(OC)c(C)c2)cc1. The summed E-state index contributed by atoms with van der Waals surface area (Å²) in [4.78, 5) is 0. The zero-order valence-corrected chi connectivity index (χ0v) is 12.8. The highest BCUT2D eigenvalue weighted by Gasteiger charge is 2.12. The van der Waals surface area contributed by atoms with Gasteiger partial charge in [-0.1, -0.05) is 24.3 Å². The summed E-state index contributed by atoms with van der Waals surface area (Å²) in [7, 11) is 1.67. The van der Waals surface area contributed by atoms with E-state index in [9.17, 15) is 0 Å². The van der Waals surface area contributed by atoms with Gasteiger partial charge in [-0.15, -0.1) is 11.6 Å². The van der Waals surface area contributed by atoms with Gasteiger partial charge in [0.2, 0.25) is 0 Å². The summed E-state index contributed by atoms with van der Waals surface area (Å²) in [5, 5.41) is -0.171. The van der Waals surface area contributed by atoms with E-state index in [-0.39, 0.29) is 5.38 Å². The summed E-state index contributed by atoms with van der Waals surface area (Å²) in [6.45, 7) is 4.66. The maximum atomic E-state index is 6.55. The van der Waals surface area contributed by atoms with Crippen molar-refractivity contribution in [2.45, 2.75) is 19.2 Å². The first-order valence-corrected chi connectivity index (χ1v) is 7.10. The molecule has 20 heavy (non-hydrogen) atoms. The lowest BCUT2D eigenvalue weighted by Gasteiger charge is -2.13. The molecule has 106 valence electrons. The molecule has 0 radical (unpaired) electrons.